The molecule has 0 aliphatic carbocycles. The SMILES string of the molecule is CCCC(CCC)CSc1ccc(O)c(C(O)CCN)c1. The topological polar surface area (TPSA) is 66.5 Å². The summed E-state index contributed by atoms with van der Waals surface area (Å²) in [4.78, 5) is 1.11. The zero-order valence-electron chi connectivity index (χ0n) is 13.2. The normalized spacial score (nSPS) is 12.8. The summed E-state index contributed by atoms with van der Waals surface area (Å²) in [5.74, 6) is 1.99. The third-order valence-electron chi connectivity index (χ3n) is 3.68. The number of benzene rings is 1. The molecule has 0 bridgehead atoms. The third-order valence-corrected chi connectivity index (χ3v) is 4.90. The molecule has 1 rings (SSSR count). The number of nitrogens with two attached hydrogens (primary N) is 1. The Morgan fingerprint density at radius 2 is 1.81 bits per heavy atom. The first kappa shape index (κ1) is 18.3. The van der Waals surface area contributed by atoms with Gasteiger partial charge in [0.05, 0.1) is 6.10 Å². The van der Waals surface area contributed by atoms with Crippen molar-refractivity contribution >= 4 is 11.8 Å². The van der Waals surface area contributed by atoms with Crippen LogP contribution in [0.15, 0.2) is 23.1 Å². The van der Waals surface area contributed by atoms with Crippen LogP contribution in [0.5, 0.6) is 5.75 Å². The molecule has 0 amide bonds. The number of aromatic hydroxyl groups is 1. The van der Waals surface area contributed by atoms with E-state index in [1.54, 1.807) is 6.07 Å². The first-order valence-corrected chi connectivity index (χ1v) is 8.94. The van der Waals surface area contributed by atoms with Crippen molar-refractivity contribution < 1.29 is 10.2 Å². The van der Waals surface area contributed by atoms with Gasteiger partial charge in [0.25, 0.3) is 0 Å². The van der Waals surface area contributed by atoms with E-state index >= 15 is 0 Å². The van der Waals surface area contributed by atoms with Gasteiger partial charge in [0.2, 0.25) is 0 Å². The van der Waals surface area contributed by atoms with Gasteiger partial charge in [-0.05, 0) is 49.9 Å². The molecule has 0 heterocycles. The number of phenols is 1. The van der Waals surface area contributed by atoms with Crippen LogP contribution in [-0.4, -0.2) is 22.5 Å². The lowest BCUT2D eigenvalue weighted by Gasteiger charge is -2.16. The summed E-state index contributed by atoms with van der Waals surface area (Å²) in [5.41, 5.74) is 6.06. The Labute approximate surface area is 132 Å². The van der Waals surface area contributed by atoms with Crippen LogP contribution in [0.2, 0.25) is 0 Å². The zero-order valence-corrected chi connectivity index (χ0v) is 14.0. The second-order valence-corrected chi connectivity index (χ2v) is 6.66. The smallest absolute Gasteiger partial charge is 0.121 e. The Bertz CT molecular complexity index is 406. The molecular weight excluding hydrogens is 282 g/mol. The Hall–Kier alpha value is -0.710. The maximum atomic E-state index is 10.0. The van der Waals surface area contributed by atoms with Gasteiger partial charge in [-0.2, -0.15) is 0 Å². The summed E-state index contributed by atoms with van der Waals surface area (Å²) < 4.78 is 0. The van der Waals surface area contributed by atoms with Gasteiger partial charge in [-0.15, -0.1) is 11.8 Å². The van der Waals surface area contributed by atoms with Gasteiger partial charge in [0.1, 0.15) is 5.75 Å². The first-order chi connectivity index (χ1) is 10.1. The van der Waals surface area contributed by atoms with Crippen LogP contribution in [0.25, 0.3) is 0 Å². The molecule has 0 aliphatic heterocycles. The fraction of sp³-hybridized carbons (Fsp3) is 0.647. The number of hydrogen-bond donors (Lipinski definition) is 3. The van der Waals surface area contributed by atoms with Crippen molar-refractivity contribution in [2.45, 2.75) is 57.0 Å². The van der Waals surface area contributed by atoms with Gasteiger partial charge in [-0.1, -0.05) is 26.7 Å². The molecule has 0 saturated heterocycles. The standard InChI is InChI=1S/C17H29NO2S/c1-3-5-13(6-4-2)12-21-14-7-8-16(19)15(11-14)17(20)9-10-18/h7-8,11,13,17,19-20H,3-6,9-10,12,18H2,1-2H3. The molecule has 0 aliphatic rings. The Balaban J connectivity index is 2.68. The maximum absolute atomic E-state index is 10.0. The second kappa shape index (κ2) is 10.1. The first-order valence-electron chi connectivity index (χ1n) is 7.96. The molecule has 4 heteroatoms. The van der Waals surface area contributed by atoms with E-state index in [-0.39, 0.29) is 5.75 Å². The van der Waals surface area contributed by atoms with Gasteiger partial charge in [0.15, 0.2) is 0 Å². The molecule has 0 spiro atoms. The van der Waals surface area contributed by atoms with Crippen molar-refractivity contribution in [3.8, 4) is 5.75 Å². The summed E-state index contributed by atoms with van der Waals surface area (Å²) in [5, 5.41) is 19.9. The molecule has 21 heavy (non-hydrogen) atoms. The van der Waals surface area contributed by atoms with E-state index in [2.05, 4.69) is 13.8 Å². The van der Waals surface area contributed by atoms with Gasteiger partial charge < -0.3 is 15.9 Å². The molecule has 4 N–H and O–H groups in total. The van der Waals surface area contributed by atoms with Crippen molar-refractivity contribution in [1.29, 1.82) is 0 Å². The van der Waals surface area contributed by atoms with E-state index in [1.807, 2.05) is 23.9 Å². The molecule has 1 aromatic carbocycles. The minimum Gasteiger partial charge on any atom is -0.508 e. The minimum absolute atomic E-state index is 0.152. The lowest BCUT2D eigenvalue weighted by Crippen LogP contribution is -2.07. The lowest BCUT2D eigenvalue weighted by atomic mass is 10.0. The fourth-order valence-corrected chi connectivity index (χ4v) is 3.68. The van der Waals surface area contributed by atoms with E-state index in [0.29, 0.717) is 18.5 Å². The number of hydrogen-bond acceptors (Lipinski definition) is 4. The van der Waals surface area contributed by atoms with Crippen LogP contribution in [-0.2, 0) is 0 Å². The molecule has 3 nitrogen and oxygen atoms in total. The highest BCUT2D eigenvalue weighted by atomic mass is 32.2. The maximum Gasteiger partial charge on any atom is 0.121 e. The monoisotopic (exact) mass is 311 g/mol. The van der Waals surface area contributed by atoms with Crippen molar-refractivity contribution in [2.24, 2.45) is 11.7 Å². The number of aliphatic hydroxyl groups is 1. The van der Waals surface area contributed by atoms with Crippen molar-refractivity contribution in [3.05, 3.63) is 23.8 Å². The molecule has 120 valence electrons. The van der Waals surface area contributed by atoms with E-state index in [0.717, 1.165) is 16.6 Å². The fourth-order valence-electron chi connectivity index (χ4n) is 2.54. The molecule has 0 fully saturated rings. The van der Waals surface area contributed by atoms with Gasteiger partial charge >= 0.3 is 0 Å². The van der Waals surface area contributed by atoms with Crippen molar-refractivity contribution in [2.75, 3.05) is 12.3 Å². The number of phenolic OH excluding ortho intramolecular Hbond substituents is 1. The molecule has 0 radical (unpaired) electrons. The van der Waals surface area contributed by atoms with Gasteiger partial charge in [-0.25, -0.2) is 0 Å². The molecule has 1 unspecified atom stereocenters. The average Bonchev–Trinajstić information content (AvgIpc) is 2.46. The molecule has 0 saturated carbocycles. The number of thioether (sulfide) groups is 1. The Kier molecular flexibility index (Phi) is 8.81. The average molecular weight is 311 g/mol. The second-order valence-electron chi connectivity index (χ2n) is 5.57. The van der Waals surface area contributed by atoms with E-state index in [9.17, 15) is 10.2 Å². The van der Waals surface area contributed by atoms with Gasteiger partial charge in [-0.3, -0.25) is 0 Å². The predicted octanol–water partition coefficient (Wildman–Crippen LogP) is 4.08. The van der Waals surface area contributed by atoms with Crippen LogP contribution in [0.3, 0.4) is 0 Å². The summed E-state index contributed by atoms with van der Waals surface area (Å²) in [6.45, 7) is 4.87. The van der Waals surface area contributed by atoms with Crippen LogP contribution in [0, 0.1) is 5.92 Å². The Morgan fingerprint density at radius 3 is 2.38 bits per heavy atom. The largest absolute Gasteiger partial charge is 0.508 e. The van der Waals surface area contributed by atoms with Crippen LogP contribution >= 0.6 is 11.8 Å². The molecular formula is C17H29NO2S. The summed E-state index contributed by atoms with van der Waals surface area (Å²) in [7, 11) is 0. The number of rotatable bonds is 10. The highest BCUT2D eigenvalue weighted by molar-refractivity contribution is 7.99. The van der Waals surface area contributed by atoms with E-state index in [1.165, 1.54) is 25.7 Å². The Morgan fingerprint density at radius 1 is 1.14 bits per heavy atom. The van der Waals surface area contributed by atoms with Crippen molar-refractivity contribution in [3.63, 3.8) is 0 Å². The van der Waals surface area contributed by atoms with E-state index in [4.69, 9.17) is 5.73 Å². The van der Waals surface area contributed by atoms with Gasteiger partial charge in [0, 0.05) is 16.2 Å². The zero-order chi connectivity index (χ0) is 15.7. The highest BCUT2D eigenvalue weighted by Gasteiger charge is 2.13. The van der Waals surface area contributed by atoms with E-state index < -0.39 is 6.10 Å². The molecule has 1 aromatic rings. The minimum atomic E-state index is -0.683. The molecule has 0 aromatic heterocycles. The summed E-state index contributed by atoms with van der Waals surface area (Å²) >= 11 is 1.81. The van der Waals surface area contributed by atoms with Crippen molar-refractivity contribution in [1.82, 2.24) is 0 Å². The summed E-state index contributed by atoms with van der Waals surface area (Å²) in [6.07, 6.45) is 4.76. The van der Waals surface area contributed by atoms with Crippen LogP contribution in [0.4, 0.5) is 0 Å². The third kappa shape index (κ3) is 6.29. The molecule has 1 atom stereocenters. The number of aliphatic hydroxyl groups excluding tert-OH is 1. The predicted molar refractivity (Wildman–Crippen MR) is 90.8 cm³/mol. The lowest BCUT2D eigenvalue weighted by molar-refractivity contribution is 0.166. The quantitative estimate of drug-likeness (QED) is 0.570. The summed E-state index contributed by atoms with van der Waals surface area (Å²) in [6, 6.07) is 5.49. The highest BCUT2D eigenvalue weighted by Crippen LogP contribution is 2.32. The van der Waals surface area contributed by atoms with Crippen LogP contribution < -0.4 is 5.73 Å². The van der Waals surface area contributed by atoms with Crippen LogP contribution in [0.1, 0.15) is 57.6 Å².